The van der Waals surface area contributed by atoms with Crippen LogP contribution in [0.3, 0.4) is 0 Å². The summed E-state index contributed by atoms with van der Waals surface area (Å²) in [5.74, 6) is -5.62. The van der Waals surface area contributed by atoms with Crippen LogP contribution in [0.4, 0.5) is 0 Å². The van der Waals surface area contributed by atoms with E-state index < -0.39 is 54.6 Å². The van der Waals surface area contributed by atoms with Gasteiger partial charge in [-0.15, -0.1) is 5.06 Å². The summed E-state index contributed by atoms with van der Waals surface area (Å²) in [5, 5.41) is 9.93. The number of unbranched alkanes of at least 4 members (excludes halogenated alkanes) is 2. The molecule has 1 aromatic rings. The van der Waals surface area contributed by atoms with Gasteiger partial charge in [0.1, 0.15) is 12.6 Å². The summed E-state index contributed by atoms with van der Waals surface area (Å²) >= 11 is 0. The summed E-state index contributed by atoms with van der Waals surface area (Å²) < 4.78 is 0. The van der Waals surface area contributed by atoms with Crippen molar-refractivity contribution in [2.45, 2.75) is 51.0 Å². The summed E-state index contributed by atoms with van der Waals surface area (Å²) in [6.45, 7) is -1.30. The number of amides is 8. The molecule has 2 aliphatic rings. The fourth-order valence-electron chi connectivity index (χ4n) is 4.27. The van der Waals surface area contributed by atoms with Crippen LogP contribution in [-0.2, 0) is 54.4 Å². The van der Waals surface area contributed by atoms with Gasteiger partial charge < -0.3 is 26.1 Å². The molecular weight excluding hydrogens is 592 g/mol. The number of nitrogens with zero attached hydrogens (tertiary/aromatic N) is 2. The Labute approximate surface area is 257 Å². The van der Waals surface area contributed by atoms with Crippen LogP contribution in [0.2, 0.25) is 0 Å². The zero-order chi connectivity index (χ0) is 32.8. The first-order chi connectivity index (χ1) is 21.5. The van der Waals surface area contributed by atoms with Crippen molar-refractivity contribution in [2.75, 3.05) is 26.2 Å². The molecule has 1 saturated heterocycles. The average Bonchev–Trinajstić information content (AvgIpc) is 3.51. The van der Waals surface area contributed by atoms with Gasteiger partial charge in [0.05, 0.1) is 13.1 Å². The summed E-state index contributed by atoms with van der Waals surface area (Å²) in [5.41, 5.74) is 0.690. The lowest BCUT2D eigenvalue weighted by molar-refractivity contribution is -0.196. The van der Waals surface area contributed by atoms with Gasteiger partial charge in [0.25, 0.3) is 23.6 Å². The Morgan fingerprint density at radius 3 is 2.02 bits per heavy atom. The van der Waals surface area contributed by atoms with Gasteiger partial charge in [-0.2, -0.15) is 0 Å². The van der Waals surface area contributed by atoms with E-state index in [0.717, 1.165) is 4.90 Å². The zero-order valence-electron chi connectivity index (χ0n) is 24.4. The highest BCUT2D eigenvalue weighted by Crippen LogP contribution is 2.12. The number of hydroxylamine groups is 2. The Morgan fingerprint density at radius 1 is 0.733 bits per heavy atom. The van der Waals surface area contributed by atoms with Crippen LogP contribution in [0.25, 0.3) is 0 Å². The molecule has 0 spiro atoms. The number of carbonyl (C=O) groups excluding carboxylic acids is 9. The number of hydrogen-bond donors (Lipinski definition) is 4. The van der Waals surface area contributed by atoms with Gasteiger partial charge in [-0.05, 0) is 18.4 Å². The van der Waals surface area contributed by atoms with Crippen molar-refractivity contribution < 1.29 is 48.0 Å². The first-order valence-corrected chi connectivity index (χ1v) is 14.3. The molecule has 16 nitrogen and oxygen atoms in total. The van der Waals surface area contributed by atoms with Crippen molar-refractivity contribution >= 4 is 53.2 Å². The molecule has 8 amide bonds. The van der Waals surface area contributed by atoms with Crippen molar-refractivity contribution in [3.8, 4) is 0 Å². The lowest BCUT2D eigenvalue weighted by Gasteiger charge is -2.19. The van der Waals surface area contributed by atoms with E-state index in [1.807, 2.05) is 0 Å². The molecule has 2 aliphatic heterocycles. The highest BCUT2D eigenvalue weighted by atomic mass is 16.7. The molecule has 2 heterocycles. The molecule has 0 aromatic heterocycles. The lowest BCUT2D eigenvalue weighted by atomic mass is 10.1. The van der Waals surface area contributed by atoms with Gasteiger partial charge in [0.2, 0.25) is 23.6 Å². The van der Waals surface area contributed by atoms with E-state index in [2.05, 4.69) is 21.3 Å². The van der Waals surface area contributed by atoms with E-state index in [4.69, 9.17) is 4.84 Å². The highest BCUT2D eigenvalue weighted by Gasteiger charge is 2.33. The third kappa shape index (κ3) is 11.3. The van der Waals surface area contributed by atoms with Crippen molar-refractivity contribution in [1.29, 1.82) is 0 Å². The monoisotopic (exact) mass is 626 g/mol. The van der Waals surface area contributed by atoms with Crippen LogP contribution in [0.1, 0.15) is 44.1 Å². The fraction of sp³-hybridized carbons (Fsp3) is 0.414. The Hall–Kier alpha value is -5.41. The first-order valence-electron chi connectivity index (χ1n) is 14.3. The van der Waals surface area contributed by atoms with Crippen molar-refractivity contribution in [1.82, 2.24) is 31.2 Å². The smallest absolute Gasteiger partial charge is 0.347 e. The largest absolute Gasteiger partial charge is 0.352 e. The molecule has 1 aromatic carbocycles. The molecule has 1 fully saturated rings. The number of nitrogens with one attached hydrogen (secondary N) is 4. The fourth-order valence-corrected chi connectivity index (χ4v) is 4.27. The minimum atomic E-state index is -1.16. The van der Waals surface area contributed by atoms with Gasteiger partial charge in [-0.25, -0.2) is 4.79 Å². The molecule has 0 saturated carbocycles. The Kier molecular flexibility index (Phi) is 12.9. The highest BCUT2D eigenvalue weighted by molar-refractivity contribution is 6.12. The van der Waals surface area contributed by atoms with Crippen molar-refractivity contribution in [3.05, 3.63) is 48.0 Å². The molecular formula is C29H34N6O10. The van der Waals surface area contributed by atoms with Gasteiger partial charge in [0.15, 0.2) is 0 Å². The normalized spacial score (nSPS) is 14.8. The van der Waals surface area contributed by atoms with Crippen LogP contribution in [0.5, 0.6) is 0 Å². The number of benzene rings is 1. The molecule has 240 valence electrons. The predicted molar refractivity (Wildman–Crippen MR) is 153 cm³/mol. The Morgan fingerprint density at radius 2 is 1.36 bits per heavy atom. The molecule has 16 heteroatoms. The standard InChI is InChI=1S/C29H34N6O10/c36-21(9-5-2-6-14-34-24(39)10-11-25(34)40)30-16-22(37)31-17-23(38)33-20(15-19-7-3-1-4-8-19)29(44)32-18-28(43)45-35-26(41)12-13-27(35)42/h1,3-4,7-8,10-11,20H,2,5-6,9,12-18H2,(H,30,36)(H,31,37)(H,32,44)(H,33,38)/t20-/m0/s1. The number of carbonyl (C=O) groups is 9. The molecule has 3 rings (SSSR count). The van der Waals surface area contributed by atoms with Gasteiger partial charge >= 0.3 is 5.97 Å². The molecule has 0 bridgehead atoms. The van der Waals surface area contributed by atoms with Gasteiger partial charge in [-0.1, -0.05) is 36.8 Å². The lowest BCUT2D eigenvalue weighted by Crippen LogP contribution is -2.52. The minimum absolute atomic E-state index is 0.0437. The van der Waals surface area contributed by atoms with Crippen molar-refractivity contribution in [2.24, 2.45) is 0 Å². The molecule has 0 radical (unpaired) electrons. The van der Waals surface area contributed by atoms with E-state index >= 15 is 0 Å². The molecule has 0 unspecified atom stereocenters. The second-order valence-corrected chi connectivity index (χ2v) is 10.1. The topological polar surface area (TPSA) is 217 Å². The number of hydrogen-bond acceptors (Lipinski definition) is 10. The summed E-state index contributed by atoms with van der Waals surface area (Å²) in [6, 6.07) is 7.53. The number of rotatable bonds is 17. The van der Waals surface area contributed by atoms with E-state index in [1.54, 1.807) is 30.3 Å². The summed E-state index contributed by atoms with van der Waals surface area (Å²) in [7, 11) is 0. The Bertz CT molecular complexity index is 1330. The third-order valence-corrected chi connectivity index (χ3v) is 6.62. The van der Waals surface area contributed by atoms with Crippen LogP contribution in [-0.4, -0.2) is 95.4 Å². The SMILES string of the molecule is O=C(CCCCCN1C(=O)C=CC1=O)NCC(=O)NCC(=O)N[C@@H](Cc1ccccc1)C(=O)NCC(=O)ON1C(=O)CCC1=O. The maximum Gasteiger partial charge on any atom is 0.352 e. The zero-order valence-corrected chi connectivity index (χ0v) is 24.4. The second kappa shape index (κ2) is 17.0. The second-order valence-electron chi connectivity index (χ2n) is 10.1. The molecule has 1 atom stereocenters. The molecule has 4 N–H and O–H groups in total. The molecule has 0 aliphatic carbocycles. The average molecular weight is 627 g/mol. The van der Waals surface area contributed by atoms with Gasteiger partial charge in [-0.3, -0.25) is 43.3 Å². The third-order valence-electron chi connectivity index (χ3n) is 6.62. The maximum atomic E-state index is 12.8. The van der Waals surface area contributed by atoms with Crippen LogP contribution < -0.4 is 21.3 Å². The summed E-state index contributed by atoms with van der Waals surface area (Å²) in [6.07, 6.45) is 4.03. The van der Waals surface area contributed by atoms with Gasteiger partial charge in [0, 0.05) is 44.4 Å². The Balaban J connectivity index is 1.36. The van der Waals surface area contributed by atoms with Crippen molar-refractivity contribution in [3.63, 3.8) is 0 Å². The van der Waals surface area contributed by atoms with E-state index in [9.17, 15) is 43.2 Å². The van der Waals surface area contributed by atoms with Crippen LogP contribution in [0, 0.1) is 0 Å². The first kappa shape index (κ1) is 34.1. The summed E-state index contributed by atoms with van der Waals surface area (Å²) in [4.78, 5) is 114. The quantitative estimate of drug-likeness (QED) is 0.112. The maximum absolute atomic E-state index is 12.8. The number of imide groups is 2. The minimum Gasteiger partial charge on any atom is -0.347 e. The van der Waals surface area contributed by atoms with Crippen LogP contribution in [0.15, 0.2) is 42.5 Å². The van der Waals surface area contributed by atoms with Crippen LogP contribution >= 0.6 is 0 Å². The predicted octanol–water partition coefficient (Wildman–Crippen LogP) is -1.84. The van der Waals surface area contributed by atoms with E-state index in [0.29, 0.717) is 29.9 Å². The van der Waals surface area contributed by atoms with E-state index in [-0.39, 0.29) is 56.5 Å². The van der Waals surface area contributed by atoms with E-state index in [1.165, 1.54) is 12.2 Å². The molecule has 45 heavy (non-hydrogen) atoms.